The molecule has 9 rings (SSSR count). The first-order valence-corrected chi connectivity index (χ1v) is 32.9. The first kappa shape index (κ1) is 61.8. The number of hydrogen-bond acceptors (Lipinski definition) is 18. The summed E-state index contributed by atoms with van der Waals surface area (Å²) in [5, 5.41) is 7.66. The summed E-state index contributed by atoms with van der Waals surface area (Å²) in [6.07, 6.45) is 0. The fourth-order valence-electron chi connectivity index (χ4n) is 9.23. The average Bonchev–Trinajstić information content (AvgIpc) is 0.993. The van der Waals surface area contributed by atoms with Gasteiger partial charge in [-0.2, -0.15) is 50.5 Å². The van der Waals surface area contributed by atoms with E-state index >= 15 is 0 Å². The second kappa shape index (κ2) is 22.9. The fraction of sp³-hybridized carbons (Fsp3) is 0.0769. The molecule has 34 heteroatoms. The Morgan fingerprint density at radius 3 is 0.907 bits per heavy atom. The standard InChI is InChI=1S/C52H42N6O22S6/c59-49(53-35-9-1-5-29(17-35)51(61)55-43-25-39(81(63,64)65)21-33-23-41(83(69,70)71)27-45(47(33)43)85(75,76)77)31-7-3-11-37(19-31)57-13-15-58(16-14-57)38-12-4-8-32(20-38)50(60)54-36-10-2-6-30(18-36)52(62)56-44-26-40(82(66,67)68)22-34-24-42(84(72,73)74)28-46(48(34)44)86(78,79)80/h1-12,17-28H,13-16H2,(H,53,59)(H,54,60)(H,55,61)(H,56,62)(H,63,64,65)(H,66,67,68)(H,69,70,71)(H,72,73,74)(H,75,76,77)(H,78,79,80). The smallest absolute Gasteiger partial charge is 0.295 e. The van der Waals surface area contributed by atoms with E-state index in [4.69, 9.17) is 0 Å². The summed E-state index contributed by atoms with van der Waals surface area (Å²) < 4.78 is 205. The molecular weight excluding hydrogens is 1250 g/mol. The van der Waals surface area contributed by atoms with Crippen LogP contribution in [0.25, 0.3) is 21.5 Å². The molecule has 0 aromatic heterocycles. The van der Waals surface area contributed by atoms with Gasteiger partial charge in [-0.1, -0.05) is 24.3 Å². The molecule has 28 nitrogen and oxygen atoms in total. The van der Waals surface area contributed by atoms with Crippen LogP contribution in [0.15, 0.2) is 175 Å². The van der Waals surface area contributed by atoms with Gasteiger partial charge < -0.3 is 31.1 Å². The molecule has 0 atom stereocenters. The van der Waals surface area contributed by atoms with Crippen LogP contribution in [0.2, 0.25) is 0 Å². The summed E-state index contributed by atoms with van der Waals surface area (Å²) >= 11 is 0. The number of hydrogen-bond donors (Lipinski definition) is 10. The maximum absolute atomic E-state index is 13.7. The van der Waals surface area contributed by atoms with Crippen molar-refractivity contribution in [1.29, 1.82) is 0 Å². The third-order valence-electron chi connectivity index (χ3n) is 13.2. The number of carbonyl (C=O) groups is 4. The lowest BCUT2D eigenvalue weighted by Gasteiger charge is -2.37. The highest BCUT2D eigenvalue weighted by Crippen LogP contribution is 2.38. The molecular formula is C52H42N6O22S6. The van der Waals surface area contributed by atoms with Crippen molar-refractivity contribution >= 4 is 140 Å². The number of rotatable bonds is 16. The number of nitrogens with zero attached hydrogens (tertiary/aromatic N) is 2. The summed E-state index contributed by atoms with van der Waals surface area (Å²) in [6.45, 7) is 1.79. The minimum Gasteiger partial charge on any atom is -0.368 e. The molecule has 0 unspecified atom stereocenters. The van der Waals surface area contributed by atoms with Crippen molar-refractivity contribution in [3.63, 3.8) is 0 Å². The van der Waals surface area contributed by atoms with E-state index in [1.54, 1.807) is 36.4 Å². The van der Waals surface area contributed by atoms with Crippen molar-refractivity contribution in [3.8, 4) is 0 Å². The molecule has 0 radical (unpaired) electrons. The molecule has 0 bridgehead atoms. The van der Waals surface area contributed by atoms with Crippen LogP contribution in [0, 0.1) is 0 Å². The Bertz CT molecular complexity index is 4620. The van der Waals surface area contributed by atoms with Crippen molar-refractivity contribution in [2.24, 2.45) is 0 Å². The van der Waals surface area contributed by atoms with E-state index in [9.17, 15) is 97.0 Å². The quantitative estimate of drug-likeness (QED) is 0.0510. The molecule has 8 aromatic rings. The molecule has 0 saturated carbocycles. The number of anilines is 6. The van der Waals surface area contributed by atoms with Gasteiger partial charge in [-0.3, -0.25) is 46.5 Å². The van der Waals surface area contributed by atoms with Crippen LogP contribution in [0.4, 0.5) is 34.1 Å². The third kappa shape index (κ3) is 13.8. The number of carbonyl (C=O) groups excluding carboxylic acids is 4. The van der Waals surface area contributed by atoms with E-state index in [-0.39, 0.29) is 33.6 Å². The second-order valence-electron chi connectivity index (χ2n) is 18.9. The van der Waals surface area contributed by atoms with Gasteiger partial charge in [0, 0.05) is 82.0 Å². The van der Waals surface area contributed by atoms with Crippen LogP contribution in [0.1, 0.15) is 41.4 Å². The lowest BCUT2D eigenvalue weighted by molar-refractivity contribution is 0.101. The van der Waals surface area contributed by atoms with Crippen molar-refractivity contribution in [2.45, 2.75) is 29.4 Å². The maximum atomic E-state index is 13.7. The first-order valence-electron chi connectivity index (χ1n) is 24.3. The molecule has 0 aliphatic carbocycles. The zero-order valence-corrected chi connectivity index (χ0v) is 48.1. The van der Waals surface area contributed by atoms with Crippen molar-refractivity contribution in [1.82, 2.24) is 0 Å². The maximum Gasteiger partial charge on any atom is 0.295 e. The van der Waals surface area contributed by atoms with Gasteiger partial charge in [0.15, 0.2) is 0 Å². The van der Waals surface area contributed by atoms with E-state index < -0.39 is 147 Å². The van der Waals surface area contributed by atoms with E-state index in [1.165, 1.54) is 60.7 Å². The van der Waals surface area contributed by atoms with Crippen LogP contribution < -0.4 is 31.1 Å². The van der Waals surface area contributed by atoms with Gasteiger partial charge in [0.1, 0.15) is 9.79 Å². The summed E-state index contributed by atoms with van der Waals surface area (Å²) in [6, 6.07) is 28.5. The average molecular weight is 1300 g/mol. The second-order valence-corrected chi connectivity index (χ2v) is 27.4. The van der Waals surface area contributed by atoms with Crippen LogP contribution >= 0.6 is 0 Å². The Hall–Kier alpha value is -8.78. The van der Waals surface area contributed by atoms with E-state index in [0.717, 1.165) is 0 Å². The highest BCUT2D eigenvalue weighted by molar-refractivity contribution is 7.87. The highest BCUT2D eigenvalue weighted by atomic mass is 32.2. The molecule has 1 aliphatic heterocycles. The van der Waals surface area contributed by atoms with Gasteiger partial charge in [-0.25, -0.2) is 0 Å². The van der Waals surface area contributed by atoms with E-state index in [0.29, 0.717) is 86.1 Å². The molecule has 1 fully saturated rings. The molecule has 10 N–H and O–H groups in total. The predicted octanol–water partition coefficient (Wildman–Crippen LogP) is 5.81. The molecule has 86 heavy (non-hydrogen) atoms. The molecule has 1 heterocycles. The number of benzene rings is 8. The summed E-state index contributed by atoms with van der Waals surface area (Å²) in [5.74, 6) is -3.27. The fourth-order valence-corrected chi connectivity index (χ4v) is 13.1. The van der Waals surface area contributed by atoms with Crippen molar-refractivity contribution < 1.29 is 97.0 Å². The van der Waals surface area contributed by atoms with Crippen LogP contribution in [-0.4, -0.2) is 128 Å². The number of nitrogens with one attached hydrogen (secondary N) is 4. The third-order valence-corrected chi connectivity index (χ3v) is 18.2. The van der Waals surface area contributed by atoms with Crippen LogP contribution in [0.5, 0.6) is 0 Å². The monoisotopic (exact) mass is 1290 g/mol. The van der Waals surface area contributed by atoms with Gasteiger partial charge in [-0.05, 0) is 132 Å². The van der Waals surface area contributed by atoms with Gasteiger partial charge in [-0.15, -0.1) is 0 Å². The van der Waals surface area contributed by atoms with Crippen LogP contribution in [0.3, 0.4) is 0 Å². The largest absolute Gasteiger partial charge is 0.368 e. The molecule has 4 amide bonds. The Balaban J connectivity index is 0.850. The van der Waals surface area contributed by atoms with Crippen LogP contribution in [-0.2, 0) is 60.7 Å². The Morgan fingerprint density at radius 1 is 0.326 bits per heavy atom. The number of fused-ring (bicyclic) bond motifs is 2. The minimum absolute atomic E-state index is 0.0890. The molecule has 8 aromatic carbocycles. The Kier molecular flexibility index (Phi) is 16.5. The molecule has 1 saturated heterocycles. The lowest BCUT2D eigenvalue weighted by Crippen LogP contribution is -2.46. The predicted molar refractivity (Wildman–Crippen MR) is 309 cm³/mol. The van der Waals surface area contributed by atoms with Gasteiger partial charge in [0.05, 0.1) is 31.0 Å². The summed E-state index contributed by atoms with van der Waals surface area (Å²) in [7, 11) is -31.2. The minimum atomic E-state index is -5.34. The first-order chi connectivity index (χ1) is 40.0. The normalized spacial score (nSPS) is 13.5. The number of piperazine rings is 1. The van der Waals surface area contributed by atoms with Gasteiger partial charge in [0.25, 0.3) is 84.3 Å². The molecule has 448 valence electrons. The zero-order valence-electron chi connectivity index (χ0n) is 43.2. The lowest BCUT2D eigenvalue weighted by atomic mass is 10.1. The Labute approximate surface area is 488 Å². The van der Waals surface area contributed by atoms with Crippen molar-refractivity contribution in [2.75, 3.05) is 57.2 Å². The molecule has 0 spiro atoms. The van der Waals surface area contributed by atoms with Gasteiger partial charge >= 0.3 is 0 Å². The summed E-state index contributed by atoms with van der Waals surface area (Å²) in [5.41, 5.74) is 0.293. The molecule has 1 aliphatic rings. The SMILES string of the molecule is O=C(Nc1cccc(C(=O)Nc2cc(S(=O)(=O)O)cc3cc(S(=O)(=O)O)cc(S(=O)(=O)O)c23)c1)c1cccc(N2CCN(c3cccc(C(=O)Nc4cccc(C(=O)Nc5cc(S(=O)(=O)O)cc6cc(S(=O)(=O)O)cc(S(=O)(=O)O)c56)c4)c3)CC2)c1. The van der Waals surface area contributed by atoms with Crippen molar-refractivity contribution in [3.05, 3.63) is 168 Å². The summed E-state index contributed by atoms with van der Waals surface area (Å²) in [4.78, 5) is 52.3. The number of amides is 4. The highest BCUT2D eigenvalue weighted by Gasteiger charge is 2.29. The van der Waals surface area contributed by atoms with Gasteiger partial charge in [0.2, 0.25) is 0 Å². The van der Waals surface area contributed by atoms with E-state index in [1.807, 2.05) is 9.80 Å². The topological polar surface area (TPSA) is 449 Å². The zero-order chi connectivity index (χ0) is 62.6. The van der Waals surface area contributed by atoms with E-state index in [2.05, 4.69) is 21.3 Å². The Morgan fingerprint density at radius 2 is 0.605 bits per heavy atom.